The van der Waals surface area contributed by atoms with Crippen molar-refractivity contribution >= 4 is 29.3 Å². The zero-order chi connectivity index (χ0) is 18.2. The molecule has 0 radical (unpaired) electrons. The molecule has 0 saturated carbocycles. The monoisotopic (exact) mass is 359 g/mol. The SMILES string of the molecule is CC(CC(=O)OCC(=O)c1ccc(Cl)cc1)NC(=O)c1ccccc1. The van der Waals surface area contributed by atoms with Gasteiger partial charge in [0.05, 0.1) is 6.42 Å². The van der Waals surface area contributed by atoms with Gasteiger partial charge in [0, 0.05) is 22.2 Å². The lowest BCUT2D eigenvalue weighted by molar-refractivity contribution is -0.142. The van der Waals surface area contributed by atoms with Gasteiger partial charge in [0.1, 0.15) is 0 Å². The van der Waals surface area contributed by atoms with Gasteiger partial charge in [-0.2, -0.15) is 0 Å². The Balaban J connectivity index is 1.76. The molecule has 130 valence electrons. The number of nitrogens with one attached hydrogen (secondary N) is 1. The minimum absolute atomic E-state index is 0.0214. The molecule has 0 aliphatic heterocycles. The molecule has 2 rings (SSSR count). The summed E-state index contributed by atoms with van der Waals surface area (Å²) in [5, 5.41) is 3.24. The van der Waals surface area contributed by atoms with Gasteiger partial charge >= 0.3 is 5.97 Å². The van der Waals surface area contributed by atoms with Crippen molar-refractivity contribution in [1.82, 2.24) is 5.32 Å². The number of ether oxygens (including phenoxy) is 1. The predicted octanol–water partition coefficient (Wildman–Crippen LogP) is 3.27. The number of amides is 1. The average Bonchev–Trinajstić information content (AvgIpc) is 2.61. The van der Waals surface area contributed by atoms with E-state index in [1.165, 1.54) is 0 Å². The van der Waals surface area contributed by atoms with Crippen molar-refractivity contribution in [2.24, 2.45) is 0 Å². The van der Waals surface area contributed by atoms with Gasteiger partial charge in [-0.1, -0.05) is 29.8 Å². The van der Waals surface area contributed by atoms with Crippen LogP contribution in [0.4, 0.5) is 0 Å². The van der Waals surface area contributed by atoms with Crippen LogP contribution in [0.1, 0.15) is 34.1 Å². The van der Waals surface area contributed by atoms with Crippen molar-refractivity contribution in [2.45, 2.75) is 19.4 Å². The van der Waals surface area contributed by atoms with Crippen LogP contribution in [0.15, 0.2) is 54.6 Å². The minimum Gasteiger partial charge on any atom is -0.457 e. The molecular formula is C19H18ClNO4. The topological polar surface area (TPSA) is 72.5 Å². The maximum atomic E-state index is 12.0. The molecule has 2 aromatic carbocycles. The van der Waals surface area contributed by atoms with Crippen molar-refractivity contribution in [3.05, 3.63) is 70.7 Å². The summed E-state index contributed by atoms with van der Waals surface area (Å²) < 4.78 is 4.97. The van der Waals surface area contributed by atoms with E-state index in [9.17, 15) is 14.4 Å². The van der Waals surface area contributed by atoms with Crippen molar-refractivity contribution in [2.75, 3.05) is 6.61 Å². The number of benzene rings is 2. The first kappa shape index (κ1) is 18.7. The summed E-state index contributed by atoms with van der Waals surface area (Å²) in [5.41, 5.74) is 0.934. The lowest BCUT2D eigenvalue weighted by atomic mass is 10.1. The summed E-state index contributed by atoms with van der Waals surface area (Å²) >= 11 is 5.76. The molecule has 1 N–H and O–H groups in total. The van der Waals surface area contributed by atoms with Crippen LogP contribution in [0.25, 0.3) is 0 Å². The number of ketones is 1. The van der Waals surface area contributed by atoms with Crippen LogP contribution in [0.2, 0.25) is 5.02 Å². The van der Waals surface area contributed by atoms with E-state index >= 15 is 0 Å². The van der Waals surface area contributed by atoms with Crippen molar-refractivity contribution in [3.8, 4) is 0 Å². The fourth-order valence-corrected chi connectivity index (χ4v) is 2.25. The number of hydrogen-bond donors (Lipinski definition) is 1. The second kappa shape index (κ2) is 8.99. The number of carbonyl (C=O) groups is 3. The number of Topliss-reactive ketones (excluding diaryl/α,β-unsaturated/α-hetero) is 1. The first-order valence-corrected chi connectivity index (χ1v) is 8.14. The highest BCUT2D eigenvalue weighted by Gasteiger charge is 2.15. The molecule has 0 aliphatic carbocycles. The summed E-state index contributed by atoms with van der Waals surface area (Å²) in [6, 6.07) is 14.6. The van der Waals surface area contributed by atoms with Crippen LogP contribution in [-0.2, 0) is 9.53 Å². The van der Waals surface area contributed by atoms with E-state index in [0.717, 1.165) is 0 Å². The van der Waals surface area contributed by atoms with E-state index in [-0.39, 0.29) is 24.7 Å². The molecule has 0 heterocycles. The maximum Gasteiger partial charge on any atom is 0.308 e. The summed E-state index contributed by atoms with van der Waals surface area (Å²) in [6.07, 6.45) is -0.0214. The van der Waals surface area contributed by atoms with Gasteiger partial charge in [-0.05, 0) is 43.3 Å². The van der Waals surface area contributed by atoms with Crippen molar-refractivity contribution < 1.29 is 19.1 Å². The molecule has 0 bridgehead atoms. The molecule has 1 atom stereocenters. The van der Waals surface area contributed by atoms with Crippen LogP contribution < -0.4 is 5.32 Å². The van der Waals surface area contributed by atoms with E-state index in [4.69, 9.17) is 16.3 Å². The van der Waals surface area contributed by atoms with Gasteiger partial charge in [0.2, 0.25) is 0 Å². The van der Waals surface area contributed by atoms with Gasteiger partial charge in [0.25, 0.3) is 5.91 Å². The summed E-state index contributed by atoms with van der Waals surface area (Å²) in [4.78, 5) is 35.7. The third kappa shape index (κ3) is 6.04. The Morgan fingerprint density at radius 1 is 1.00 bits per heavy atom. The molecule has 1 amide bonds. The molecule has 0 aliphatic rings. The fourth-order valence-electron chi connectivity index (χ4n) is 2.12. The molecular weight excluding hydrogens is 342 g/mol. The highest BCUT2D eigenvalue weighted by Crippen LogP contribution is 2.10. The first-order valence-electron chi connectivity index (χ1n) is 7.76. The Labute approximate surface area is 150 Å². The zero-order valence-electron chi connectivity index (χ0n) is 13.7. The standard InChI is InChI=1S/C19H18ClNO4/c1-13(21-19(24)15-5-3-2-4-6-15)11-18(23)25-12-17(22)14-7-9-16(20)10-8-14/h2-10,13H,11-12H2,1H3,(H,21,24). The average molecular weight is 360 g/mol. The second-order valence-electron chi connectivity index (χ2n) is 5.54. The van der Waals surface area contributed by atoms with E-state index in [0.29, 0.717) is 16.1 Å². The summed E-state index contributed by atoms with van der Waals surface area (Å²) in [6.45, 7) is 1.35. The third-order valence-corrected chi connectivity index (χ3v) is 3.67. The second-order valence-corrected chi connectivity index (χ2v) is 5.97. The first-order chi connectivity index (χ1) is 12.0. The molecule has 0 spiro atoms. The van der Waals surface area contributed by atoms with Gasteiger partial charge < -0.3 is 10.1 Å². The van der Waals surface area contributed by atoms with Gasteiger partial charge in [-0.25, -0.2) is 0 Å². The lowest BCUT2D eigenvalue weighted by Gasteiger charge is -2.13. The molecule has 5 nitrogen and oxygen atoms in total. The Kier molecular flexibility index (Phi) is 6.71. The van der Waals surface area contributed by atoms with E-state index < -0.39 is 12.0 Å². The number of esters is 1. The smallest absolute Gasteiger partial charge is 0.308 e. The molecule has 1 unspecified atom stereocenters. The maximum absolute atomic E-state index is 12.0. The van der Waals surface area contributed by atoms with Crippen molar-refractivity contribution in [1.29, 1.82) is 0 Å². The number of hydrogen-bond acceptors (Lipinski definition) is 4. The lowest BCUT2D eigenvalue weighted by Crippen LogP contribution is -2.34. The molecule has 2 aromatic rings. The minimum atomic E-state index is -0.553. The van der Waals surface area contributed by atoms with Gasteiger partial charge in [-0.15, -0.1) is 0 Å². The molecule has 0 fully saturated rings. The van der Waals surface area contributed by atoms with E-state index in [1.807, 2.05) is 6.07 Å². The van der Waals surface area contributed by atoms with Crippen LogP contribution in [0.5, 0.6) is 0 Å². The van der Waals surface area contributed by atoms with Crippen LogP contribution in [0.3, 0.4) is 0 Å². The Bertz CT molecular complexity index is 744. The quantitative estimate of drug-likeness (QED) is 0.608. The van der Waals surface area contributed by atoms with Gasteiger partial charge in [0.15, 0.2) is 12.4 Å². The van der Waals surface area contributed by atoms with Crippen LogP contribution in [-0.4, -0.2) is 30.3 Å². The Morgan fingerprint density at radius 3 is 2.28 bits per heavy atom. The fraction of sp³-hybridized carbons (Fsp3) is 0.211. The van der Waals surface area contributed by atoms with Crippen molar-refractivity contribution in [3.63, 3.8) is 0 Å². The highest BCUT2D eigenvalue weighted by atomic mass is 35.5. The summed E-state index contributed by atoms with van der Waals surface area (Å²) in [5.74, 6) is -1.13. The molecule has 0 aromatic heterocycles. The highest BCUT2D eigenvalue weighted by molar-refractivity contribution is 6.30. The van der Waals surface area contributed by atoms with Crippen LogP contribution in [0, 0.1) is 0 Å². The Morgan fingerprint density at radius 2 is 1.64 bits per heavy atom. The Hall–Kier alpha value is -2.66. The van der Waals surface area contributed by atoms with E-state index in [1.54, 1.807) is 55.5 Å². The number of carbonyl (C=O) groups excluding carboxylic acids is 3. The molecule has 6 heteroatoms. The normalized spacial score (nSPS) is 11.4. The van der Waals surface area contributed by atoms with Crippen LogP contribution >= 0.6 is 11.6 Å². The number of rotatable bonds is 7. The molecule has 25 heavy (non-hydrogen) atoms. The van der Waals surface area contributed by atoms with E-state index in [2.05, 4.69) is 5.32 Å². The number of halogens is 1. The third-order valence-electron chi connectivity index (χ3n) is 3.42. The summed E-state index contributed by atoms with van der Waals surface area (Å²) in [7, 11) is 0. The zero-order valence-corrected chi connectivity index (χ0v) is 14.5. The van der Waals surface area contributed by atoms with Gasteiger partial charge in [-0.3, -0.25) is 14.4 Å². The predicted molar refractivity (Wildman–Crippen MR) is 94.7 cm³/mol. The largest absolute Gasteiger partial charge is 0.457 e. The molecule has 0 saturated heterocycles.